The van der Waals surface area contributed by atoms with Gasteiger partial charge in [-0.25, -0.2) is 13.8 Å². The third-order valence-electron chi connectivity index (χ3n) is 2.97. The lowest BCUT2D eigenvalue weighted by atomic mass is 10.2. The van der Waals surface area contributed by atoms with Gasteiger partial charge in [0.1, 0.15) is 6.26 Å². The number of halogens is 2. The van der Waals surface area contributed by atoms with Crippen molar-refractivity contribution in [2.24, 2.45) is 0 Å². The summed E-state index contributed by atoms with van der Waals surface area (Å²) in [6, 6.07) is 13.2. The van der Waals surface area contributed by atoms with Gasteiger partial charge >= 0.3 is 0 Å². The zero-order valence-corrected chi connectivity index (χ0v) is 11.0. The average molecular weight is 286 g/mol. The number of hydrogen-bond donors (Lipinski definition) is 1. The third kappa shape index (κ3) is 3.08. The fourth-order valence-corrected chi connectivity index (χ4v) is 1.90. The Balaban J connectivity index is 1.69. The van der Waals surface area contributed by atoms with Crippen molar-refractivity contribution in [2.45, 2.75) is 6.54 Å². The standard InChI is InChI=1S/C16H12F2N2O/c17-14-7-6-12(8-15(14)18)19-9-13-10-21-16(20-13)11-4-2-1-3-5-11/h1-8,10,19H,9H2. The van der Waals surface area contributed by atoms with Gasteiger partial charge in [-0.1, -0.05) is 18.2 Å². The van der Waals surface area contributed by atoms with E-state index in [4.69, 9.17) is 4.42 Å². The number of benzene rings is 2. The highest BCUT2D eigenvalue weighted by Crippen LogP contribution is 2.19. The number of hydrogen-bond acceptors (Lipinski definition) is 3. The second-order valence-electron chi connectivity index (χ2n) is 4.49. The van der Waals surface area contributed by atoms with Crippen LogP contribution < -0.4 is 5.32 Å². The normalized spacial score (nSPS) is 10.6. The summed E-state index contributed by atoms with van der Waals surface area (Å²) in [5.74, 6) is -1.23. The van der Waals surface area contributed by atoms with Gasteiger partial charge in [0.25, 0.3) is 0 Å². The molecule has 0 aliphatic heterocycles. The molecule has 0 radical (unpaired) electrons. The van der Waals surface area contributed by atoms with E-state index in [0.717, 1.165) is 17.7 Å². The quantitative estimate of drug-likeness (QED) is 0.780. The lowest BCUT2D eigenvalue weighted by Crippen LogP contribution is -2.00. The van der Waals surface area contributed by atoms with Gasteiger partial charge < -0.3 is 9.73 Å². The van der Waals surface area contributed by atoms with Crippen LogP contribution in [0.15, 0.2) is 59.2 Å². The first kappa shape index (κ1) is 13.3. The van der Waals surface area contributed by atoms with Crippen LogP contribution in [0.25, 0.3) is 11.5 Å². The zero-order chi connectivity index (χ0) is 14.7. The molecule has 1 heterocycles. The lowest BCUT2D eigenvalue weighted by molar-refractivity contribution is 0.509. The van der Waals surface area contributed by atoms with Crippen LogP contribution in [0, 0.1) is 11.6 Å². The van der Waals surface area contributed by atoms with Crippen LogP contribution in [0.5, 0.6) is 0 Å². The monoisotopic (exact) mass is 286 g/mol. The first-order chi connectivity index (χ1) is 10.2. The van der Waals surface area contributed by atoms with Gasteiger partial charge in [-0.15, -0.1) is 0 Å². The summed E-state index contributed by atoms with van der Waals surface area (Å²) in [7, 11) is 0. The van der Waals surface area contributed by atoms with Gasteiger partial charge in [0.15, 0.2) is 11.6 Å². The van der Waals surface area contributed by atoms with Crippen LogP contribution in [0.4, 0.5) is 14.5 Å². The minimum atomic E-state index is -0.884. The van der Waals surface area contributed by atoms with E-state index in [2.05, 4.69) is 10.3 Å². The summed E-state index contributed by atoms with van der Waals surface area (Å²) in [5, 5.41) is 2.96. The van der Waals surface area contributed by atoms with Gasteiger partial charge in [-0.2, -0.15) is 0 Å². The lowest BCUT2D eigenvalue weighted by Gasteiger charge is -2.04. The maximum absolute atomic E-state index is 13.1. The number of oxazole rings is 1. The molecule has 5 heteroatoms. The second-order valence-corrected chi connectivity index (χ2v) is 4.49. The van der Waals surface area contributed by atoms with Crippen molar-refractivity contribution in [1.29, 1.82) is 0 Å². The van der Waals surface area contributed by atoms with Crippen molar-refractivity contribution in [3.8, 4) is 11.5 Å². The van der Waals surface area contributed by atoms with Crippen molar-refractivity contribution in [3.63, 3.8) is 0 Å². The molecule has 0 fully saturated rings. The second kappa shape index (κ2) is 5.75. The summed E-state index contributed by atoms with van der Waals surface area (Å²) >= 11 is 0. The van der Waals surface area contributed by atoms with E-state index in [-0.39, 0.29) is 0 Å². The zero-order valence-electron chi connectivity index (χ0n) is 11.0. The molecule has 21 heavy (non-hydrogen) atoms. The molecule has 0 aliphatic carbocycles. The summed E-state index contributed by atoms with van der Waals surface area (Å²) in [6.07, 6.45) is 1.54. The van der Waals surface area contributed by atoms with E-state index in [1.165, 1.54) is 12.3 Å². The summed E-state index contributed by atoms with van der Waals surface area (Å²) in [4.78, 5) is 4.34. The van der Waals surface area contributed by atoms with Gasteiger partial charge in [-0.05, 0) is 24.3 Å². The minimum Gasteiger partial charge on any atom is -0.444 e. The third-order valence-corrected chi connectivity index (χ3v) is 2.97. The molecule has 0 unspecified atom stereocenters. The molecule has 0 aliphatic rings. The Morgan fingerprint density at radius 3 is 2.57 bits per heavy atom. The van der Waals surface area contributed by atoms with E-state index in [1.807, 2.05) is 30.3 Å². The number of anilines is 1. The molecule has 0 atom stereocenters. The highest BCUT2D eigenvalue weighted by molar-refractivity contribution is 5.52. The predicted molar refractivity (Wildman–Crippen MR) is 75.6 cm³/mol. The molecule has 3 rings (SSSR count). The van der Waals surface area contributed by atoms with E-state index < -0.39 is 11.6 Å². The Kier molecular flexibility index (Phi) is 3.64. The average Bonchev–Trinajstić information content (AvgIpc) is 2.98. The van der Waals surface area contributed by atoms with Crippen molar-refractivity contribution in [1.82, 2.24) is 4.98 Å². The van der Waals surface area contributed by atoms with Crippen LogP contribution in [-0.4, -0.2) is 4.98 Å². The highest BCUT2D eigenvalue weighted by atomic mass is 19.2. The van der Waals surface area contributed by atoms with Crippen molar-refractivity contribution >= 4 is 5.69 Å². The molecule has 1 aromatic heterocycles. The first-order valence-corrected chi connectivity index (χ1v) is 6.41. The molecule has 106 valence electrons. The smallest absolute Gasteiger partial charge is 0.226 e. The topological polar surface area (TPSA) is 38.1 Å². The minimum absolute atomic E-state index is 0.363. The van der Waals surface area contributed by atoms with Crippen LogP contribution >= 0.6 is 0 Å². The Morgan fingerprint density at radius 2 is 1.81 bits per heavy atom. The maximum atomic E-state index is 13.1. The molecule has 0 saturated carbocycles. The first-order valence-electron chi connectivity index (χ1n) is 6.41. The Labute approximate surface area is 120 Å². The maximum Gasteiger partial charge on any atom is 0.226 e. The summed E-state index contributed by atoms with van der Waals surface area (Å²) in [6.45, 7) is 0.363. The fraction of sp³-hybridized carbons (Fsp3) is 0.0625. The molecule has 3 nitrogen and oxygen atoms in total. The van der Waals surface area contributed by atoms with Crippen LogP contribution in [-0.2, 0) is 6.54 Å². The van der Waals surface area contributed by atoms with Crippen LogP contribution in [0.3, 0.4) is 0 Å². The molecule has 2 aromatic carbocycles. The molecule has 0 saturated heterocycles. The molecule has 0 spiro atoms. The highest BCUT2D eigenvalue weighted by Gasteiger charge is 2.07. The molecule has 0 bridgehead atoms. The number of rotatable bonds is 4. The van der Waals surface area contributed by atoms with Crippen molar-refractivity contribution < 1.29 is 13.2 Å². The molecule has 3 aromatic rings. The van der Waals surface area contributed by atoms with E-state index >= 15 is 0 Å². The van der Waals surface area contributed by atoms with Crippen LogP contribution in [0.1, 0.15) is 5.69 Å². The van der Waals surface area contributed by atoms with E-state index in [1.54, 1.807) is 0 Å². The molecule has 1 N–H and O–H groups in total. The Hall–Kier alpha value is -2.69. The fourth-order valence-electron chi connectivity index (χ4n) is 1.90. The largest absolute Gasteiger partial charge is 0.444 e. The molecular weight excluding hydrogens is 274 g/mol. The Morgan fingerprint density at radius 1 is 1.00 bits per heavy atom. The van der Waals surface area contributed by atoms with Gasteiger partial charge in [0, 0.05) is 17.3 Å². The van der Waals surface area contributed by atoms with Gasteiger partial charge in [0.05, 0.1) is 12.2 Å². The summed E-state index contributed by atoms with van der Waals surface area (Å²) < 4.78 is 31.3. The van der Waals surface area contributed by atoms with Gasteiger partial charge in [-0.3, -0.25) is 0 Å². The van der Waals surface area contributed by atoms with Gasteiger partial charge in [0.2, 0.25) is 5.89 Å². The molecule has 0 amide bonds. The van der Waals surface area contributed by atoms with Crippen molar-refractivity contribution in [3.05, 3.63) is 72.1 Å². The van der Waals surface area contributed by atoms with Crippen molar-refractivity contribution in [2.75, 3.05) is 5.32 Å². The number of nitrogens with one attached hydrogen (secondary N) is 1. The van der Waals surface area contributed by atoms with E-state index in [0.29, 0.717) is 23.8 Å². The Bertz CT molecular complexity index is 741. The number of aromatic nitrogens is 1. The predicted octanol–water partition coefficient (Wildman–Crippen LogP) is 4.23. The molecular formula is C16H12F2N2O. The number of nitrogens with zero attached hydrogens (tertiary/aromatic N) is 1. The van der Waals surface area contributed by atoms with E-state index in [9.17, 15) is 8.78 Å². The summed E-state index contributed by atoms with van der Waals surface area (Å²) in [5.41, 5.74) is 2.05. The van der Waals surface area contributed by atoms with Crippen LogP contribution in [0.2, 0.25) is 0 Å². The SMILES string of the molecule is Fc1ccc(NCc2coc(-c3ccccc3)n2)cc1F.